The van der Waals surface area contributed by atoms with Crippen LogP contribution in [0.2, 0.25) is 0 Å². The molecule has 286 valence electrons. The molecule has 2 aliphatic rings. The maximum Gasteiger partial charge on any atom is 0.328 e. The number of amides is 4. The van der Waals surface area contributed by atoms with Crippen molar-refractivity contribution in [2.24, 2.45) is 0 Å². The molecule has 7 rings (SSSR count). The number of pyridine rings is 2. The second-order valence-electron chi connectivity index (χ2n) is 14.6. The summed E-state index contributed by atoms with van der Waals surface area (Å²) in [5, 5.41) is 10.6. The average Bonchev–Trinajstić information content (AvgIpc) is 3.60. The van der Waals surface area contributed by atoms with Crippen LogP contribution in [0, 0.1) is 12.7 Å². The van der Waals surface area contributed by atoms with E-state index in [9.17, 15) is 19.2 Å². The summed E-state index contributed by atoms with van der Waals surface area (Å²) < 4.78 is 17.0. The third-order valence-corrected chi connectivity index (χ3v) is 10.3. The van der Waals surface area contributed by atoms with Gasteiger partial charge in [-0.15, -0.1) is 0 Å². The van der Waals surface area contributed by atoms with Crippen molar-refractivity contribution in [1.82, 2.24) is 35.3 Å². The second-order valence-corrected chi connectivity index (χ2v) is 14.6. The Bertz CT molecular complexity index is 2310. The van der Waals surface area contributed by atoms with Gasteiger partial charge in [0.05, 0.1) is 17.3 Å². The smallest absolute Gasteiger partial charge is 0.328 e. The number of fused-ring (bicyclic) bond motifs is 1. The van der Waals surface area contributed by atoms with Crippen LogP contribution in [0.5, 0.6) is 0 Å². The van der Waals surface area contributed by atoms with Gasteiger partial charge < -0.3 is 15.2 Å². The molecule has 13 nitrogen and oxygen atoms in total. The standard InChI is InChI=1S/C41H46FN9O4/c1-5-6-27-17-26(4)46-40(54)33(27)22-44-39(53)32-18-30(19-36-34(32)23-45-51(36)25(2)3)28-8-10-37(43-21-28)49-15-13-48(14-16-49)24-29-7-9-31(20-35(29)42)50-12-11-38(52)47-41(50)55/h7-10,17-21,23,25H,5-6,11-16,22,24H2,1-4H3,(H,44,53)(H,46,54)(H,47,52,55). The number of rotatable bonds is 11. The predicted molar refractivity (Wildman–Crippen MR) is 210 cm³/mol. The number of urea groups is 1. The highest BCUT2D eigenvalue weighted by Crippen LogP contribution is 2.30. The molecule has 0 atom stereocenters. The number of halogens is 1. The van der Waals surface area contributed by atoms with Crippen molar-refractivity contribution < 1.29 is 18.8 Å². The number of piperazine rings is 1. The maximum absolute atomic E-state index is 15.1. The van der Waals surface area contributed by atoms with Gasteiger partial charge in [-0.3, -0.25) is 34.2 Å². The van der Waals surface area contributed by atoms with Crippen LogP contribution in [0.25, 0.3) is 22.0 Å². The van der Waals surface area contributed by atoms with Gasteiger partial charge >= 0.3 is 6.03 Å². The number of hydrogen-bond donors (Lipinski definition) is 3. The van der Waals surface area contributed by atoms with Crippen molar-refractivity contribution in [1.29, 1.82) is 0 Å². The highest BCUT2D eigenvalue weighted by Gasteiger charge is 2.26. The number of anilines is 2. The summed E-state index contributed by atoms with van der Waals surface area (Å²) >= 11 is 0. The van der Waals surface area contributed by atoms with Crippen molar-refractivity contribution in [2.75, 3.05) is 42.5 Å². The lowest BCUT2D eigenvalue weighted by molar-refractivity contribution is -0.120. The first-order valence-electron chi connectivity index (χ1n) is 18.8. The number of nitrogens with one attached hydrogen (secondary N) is 3. The minimum absolute atomic E-state index is 0.0669. The van der Waals surface area contributed by atoms with E-state index in [1.54, 1.807) is 18.3 Å². The molecule has 2 aromatic carbocycles. The zero-order valence-corrected chi connectivity index (χ0v) is 31.6. The molecule has 2 aliphatic heterocycles. The Morgan fingerprint density at radius 1 is 0.945 bits per heavy atom. The first-order valence-corrected chi connectivity index (χ1v) is 18.8. The number of carbonyl (C=O) groups excluding carboxylic acids is 3. The number of hydrogen-bond acceptors (Lipinski definition) is 8. The largest absolute Gasteiger partial charge is 0.354 e. The molecular weight excluding hydrogens is 702 g/mol. The van der Waals surface area contributed by atoms with Gasteiger partial charge in [0, 0.05) is 97.9 Å². The van der Waals surface area contributed by atoms with E-state index in [1.165, 1.54) is 11.0 Å². The lowest BCUT2D eigenvalue weighted by Crippen LogP contribution is -2.49. The van der Waals surface area contributed by atoms with E-state index in [0.717, 1.165) is 51.9 Å². The van der Waals surface area contributed by atoms with Crippen LogP contribution in [-0.4, -0.2) is 75.2 Å². The number of H-pyrrole nitrogens is 1. The van der Waals surface area contributed by atoms with Gasteiger partial charge in [0.1, 0.15) is 11.6 Å². The van der Waals surface area contributed by atoms with Gasteiger partial charge in [-0.2, -0.15) is 5.10 Å². The Kier molecular flexibility index (Phi) is 10.8. The minimum Gasteiger partial charge on any atom is -0.354 e. The summed E-state index contributed by atoms with van der Waals surface area (Å²) in [5.74, 6) is -0.180. The second kappa shape index (κ2) is 15.8. The third kappa shape index (κ3) is 8.00. The Morgan fingerprint density at radius 3 is 2.44 bits per heavy atom. The van der Waals surface area contributed by atoms with E-state index >= 15 is 4.39 Å². The van der Waals surface area contributed by atoms with Gasteiger partial charge in [0.25, 0.3) is 11.5 Å². The Hall–Kier alpha value is -5.89. The van der Waals surface area contributed by atoms with Crippen LogP contribution >= 0.6 is 0 Å². The minimum atomic E-state index is -0.539. The summed E-state index contributed by atoms with van der Waals surface area (Å²) in [5.41, 5.74) is 6.06. The number of carbonyl (C=O) groups is 3. The van der Waals surface area contributed by atoms with E-state index in [4.69, 9.17) is 4.98 Å². The average molecular weight is 748 g/mol. The lowest BCUT2D eigenvalue weighted by atomic mass is 10.00. The van der Waals surface area contributed by atoms with E-state index < -0.39 is 6.03 Å². The number of aromatic amines is 1. The van der Waals surface area contributed by atoms with Gasteiger partial charge in [0.2, 0.25) is 5.91 Å². The molecule has 0 saturated carbocycles. The van der Waals surface area contributed by atoms with Crippen LogP contribution in [-0.2, 0) is 24.3 Å². The number of aromatic nitrogens is 4. The van der Waals surface area contributed by atoms with Crippen molar-refractivity contribution in [3.8, 4) is 11.1 Å². The van der Waals surface area contributed by atoms with Crippen LogP contribution in [0.15, 0.2) is 65.7 Å². The van der Waals surface area contributed by atoms with Crippen LogP contribution < -0.4 is 26.0 Å². The van der Waals surface area contributed by atoms with Crippen molar-refractivity contribution in [3.63, 3.8) is 0 Å². The van der Waals surface area contributed by atoms with Gasteiger partial charge in [-0.1, -0.05) is 19.4 Å². The molecule has 3 N–H and O–H groups in total. The number of aryl methyl sites for hydroxylation is 2. The summed E-state index contributed by atoms with van der Waals surface area (Å²) in [6, 6.07) is 14.2. The molecule has 5 aromatic rings. The Labute approximate surface area is 318 Å². The van der Waals surface area contributed by atoms with Crippen molar-refractivity contribution in [3.05, 3.63) is 105 Å². The summed E-state index contributed by atoms with van der Waals surface area (Å²) in [6.45, 7) is 11.6. The molecule has 0 radical (unpaired) electrons. The molecule has 0 spiro atoms. The van der Waals surface area contributed by atoms with Crippen LogP contribution in [0.3, 0.4) is 0 Å². The topological polar surface area (TPSA) is 149 Å². The quantitative estimate of drug-likeness (QED) is 0.161. The van der Waals surface area contributed by atoms with E-state index in [-0.39, 0.29) is 48.7 Å². The lowest BCUT2D eigenvalue weighted by Gasteiger charge is -2.35. The third-order valence-electron chi connectivity index (χ3n) is 10.3. The van der Waals surface area contributed by atoms with Crippen molar-refractivity contribution >= 4 is 40.3 Å². The van der Waals surface area contributed by atoms with E-state index in [2.05, 4.69) is 37.4 Å². The molecule has 2 saturated heterocycles. The summed E-state index contributed by atoms with van der Waals surface area (Å²) in [6.07, 6.45) is 5.35. The molecule has 5 heterocycles. The Morgan fingerprint density at radius 2 is 1.75 bits per heavy atom. The maximum atomic E-state index is 15.1. The molecule has 14 heteroatoms. The van der Waals surface area contributed by atoms with Crippen molar-refractivity contribution in [2.45, 2.75) is 66.1 Å². The van der Waals surface area contributed by atoms with E-state index in [0.29, 0.717) is 55.1 Å². The van der Waals surface area contributed by atoms with Gasteiger partial charge in [0.15, 0.2) is 0 Å². The molecule has 55 heavy (non-hydrogen) atoms. The van der Waals surface area contributed by atoms with Crippen LogP contribution in [0.1, 0.15) is 72.4 Å². The fourth-order valence-corrected chi connectivity index (χ4v) is 7.41. The van der Waals surface area contributed by atoms with E-state index in [1.807, 2.05) is 62.0 Å². The molecule has 0 bridgehead atoms. The zero-order chi connectivity index (χ0) is 38.8. The highest BCUT2D eigenvalue weighted by molar-refractivity contribution is 6.08. The molecular formula is C41H46FN9O4. The fraction of sp³-hybridized carbons (Fsp3) is 0.366. The fourth-order valence-electron chi connectivity index (χ4n) is 7.41. The zero-order valence-electron chi connectivity index (χ0n) is 31.6. The number of benzene rings is 2. The Balaban J connectivity index is 1.03. The SMILES string of the molecule is CCCc1cc(C)[nH]c(=O)c1CNC(=O)c1cc(-c2ccc(N3CCN(Cc4ccc(N5CCC(=O)NC5=O)cc4F)CC3)nc2)cc2c1cnn2C(C)C. The normalized spacial score (nSPS) is 15.2. The first-order chi connectivity index (χ1) is 26.5. The monoisotopic (exact) mass is 747 g/mol. The van der Waals surface area contributed by atoms with Crippen LogP contribution in [0.4, 0.5) is 20.7 Å². The first kappa shape index (κ1) is 37.4. The molecule has 2 fully saturated rings. The molecule has 0 unspecified atom stereocenters. The molecule has 3 aromatic heterocycles. The number of nitrogens with zero attached hydrogens (tertiary/aromatic N) is 6. The molecule has 0 aliphatic carbocycles. The van der Waals surface area contributed by atoms with Gasteiger partial charge in [-0.05, 0) is 80.8 Å². The highest BCUT2D eigenvalue weighted by atomic mass is 19.1. The molecule has 4 amide bonds. The number of imide groups is 1. The summed E-state index contributed by atoms with van der Waals surface area (Å²) in [4.78, 5) is 63.8. The predicted octanol–water partition coefficient (Wildman–Crippen LogP) is 5.47. The summed E-state index contributed by atoms with van der Waals surface area (Å²) in [7, 11) is 0. The van der Waals surface area contributed by atoms with Gasteiger partial charge in [-0.25, -0.2) is 14.2 Å².